The average molecular weight is 231 g/mol. The number of azo groups is 1. The van der Waals surface area contributed by atoms with Crippen molar-refractivity contribution in [3.8, 4) is 0 Å². The van der Waals surface area contributed by atoms with Crippen molar-refractivity contribution in [2.24, 2.45) is 10.2 Å². The Hall–Kier alpha value is -0.410. The van der Waals surface area contributed by atoms with Crippen LogP contribution in [0.25, 0.3) is 0 Å². The molecule has 0 aromatic heterocycles. The van der Waals surface area contributed by atoms with Gasteiger partial charge in [0.2, 0.25) is 0 Å². The molecule has 0 unspecified atom stereocenters. The third-order valence-corrected chi connectivity index (χ3v) is 2.91. The van der Waals surface area contributed by atoms with E-state index in [0.717, 1.165) is 10.1 Å². The number of hydrogen-bond donors (Lipinski definition) is 0. The third kappa shape index (κ3) is 1.08. The van der Waals surface area contributed by atoms with Gasteiger partial charge in [-0.2, -0.15) is 10.2 Å². The van der Waals surface area contributed by atoms with Gasteiger partial charge in [0.1, 0.15) is 6.04 Å². The molecule has 0 amide bonds. The molecule has 0 spiro atoms. The maximum Gasteiger partial charge on any atom is 0.118 e. The summed E-state index contributed by atoms with van der Waals surface area (Å²) in [7, 11) is 0. The van der Waals surface area contributed by atoms with E-state index in [0.29, 0.717) is 5.03 Å². The van der Waals surface area contributed by atoms with Crippen molar-refractivity contribution in [2.75, 3.05) is 0 Å². The normalized spacial score (nSPS) is 27.5. The van der Waals surface area contributed by atoms with Crippen LogP contribution in [-0.4, -0.2) is 6.04 Å². The zero-order valence-electron chi connectivity index (χ0n) is 5.46. The van der Waals surface area contributed by atoms with Crippen molar-refractivity contribution >= 4 is 27.5 Å². The van der Waals surface area contributed by atoms with Gasteiger partial charge >= 0.3 is 0 Å². The van der Waals surface area contributed by atoms with Crippen LogP contribution in [0, 0.1) is 0 Å². The second kappa shape index (κ2) is 2.57. The Labute approximate surface area is 77.5 Å². The van der Waals surface area contributed by atoms with Gasteiger partial charge in [-0.15, -0.1) is 0 Å². The summed E-state index contributed by atoms with van der Waals surface area (Å²) >= 11 is 9.29. The molecule has 0 aromatic carbocycles. The van der Waals surface area contributed by atoms with E-state index in [1.807, 2.05) is 12.2 Å². The molecule has 0 saturated carbocycles. The van der Waals surface area contributed by atoms with Gasteiger partial charge in [0.15, 0.2) is 0 Å². The van der Waals surface area contributed by atoms with Crippen LogP contribution < -0.4 is 0 Å². The summed E-state index contributed by atoms with van der Waals surface area (Å²) in [6.45, 7) is 0. The van der Waals surface area contributed by atoms with Crippen molar-refractivity contribution in [1.82, 2.24) is 0 Å². The Morgan fingerprint density at radius 1 is 1.55 bits per heavy atom. The predicted molar refractivity (Wildman–Crippen MR) is 47.7 cm³/mol. The summed E-state index contributed by atoms with van der Waals surface area (Å²) < 4.78 is 0.897. The Morgan fingerprint density at radius 3 is 3.18 bits per heavy atom. The summed E-state index contributed by atoms with van der Waals surface area (Å²) in [5.41, 5.74) is 0.973. The van der Waals surface area contributed by atoms with Crippen LogP contribution in [0.4, 0.5) is 0 Å². The molecule has 0 saturated heterocycles. The summed E-state index contributed by atoms with van der Waals surface area (Å²) in [4.78, 5) is 0. The Bertz CT molecular complexity index is 314. The van der Waals surface area contributed by atoms with E-state index in [9.17, 15) is 0 Å². The molecular weight excluding hydrogens is 227 g/mol. The first-order valence-electron chi connectivity index (χ1n) is 3.13. The molecule has 1 aliphatic heterocycles. The lowest BCUT2D eigenvalue weighted by Crippen LogP contribution is -2.05. The lowest BCUT2D eigenvalue weighted by Gasteiger charge is -2.11. The first-order valence-corrected chi connectivity index (χ1v) is 4.30. The Morgan fingerprint density at radius 2 is 2.36 bits per heavy atom. The van der Waals surface area contributed by atoms with Crippen LogP contribution in [0.1, 0.15) is 0 Å². The smallest absolute Gasteiger partial charge is 0.118 e. The summed E-state index contributed by atoms with van der Waals surface area (Å²) in [6.07, 6.45) is 5.55. The van der Waals surface area contributed by atoms with E-state index in [2.05, 4.69) is 26.2 Å². The number of nitrogens with zero attached hydrogens (tertiary/aromatic N) is 2. The second-order valence-corrected chi connectivity index (χ2v) is 3.51. The second-order valence-electron chi connectivity index (χ2n) is 2.28. The van der Waals surface area contributed by atoms with E-state index in [1.165, 1.54) is 0 Å². The van der Waals surface area contributed by atoms with Crippen molar-refractivity contribution in [3.63, 3.8) is 0 Å². The monoisotopic (exact) mass is 230 g/mol. The molecule has 1 aliphatic carbocycles. The Balaban J connectivity index is 2.48. The van der Waals surface area contributed by atoms with Gasteiger partial charge in [-0.1, -0.05) is 17.7 Å². The van der Waals surface area contributed by atoms with Gasteiger partial charge in [0, 0.05) is 10.1 Å². The largest absolute Gasteiger partial charge is 0.177 e. The van der Waals surface area contributed by atoms with Crippen LogP contribution in [0.15, 0.2) is 43.7 Å². The number of fused-ring (bicyclic) bond motifs is 1. The van der Waals surface area contributed by atoms with Crippen molar-refractivity contribution in [3.05, 3.63) is 33.4 Å². The molecule has 0 N–H and O–H groups in total. The summed E-state index contributed by atoms with van der Waals surface area (Å²) in [5.74, 6) is 0. The van der Waals surface area contributed by atoms with Gasteiger partial charge in [0.25, 0.3) is 0 Å². The fourth-order valence-electron chi connectivity index (χ4n) is 1.02. The lowest BCUT2D eigenvalue weighted by atomic mass is 10.0. The highest BCUT2D eigenvalue weighted by atomic mass is 79.9. The molecule has 2 nitrogen and oxygen atoms in total. The van der Waals surface area contributed by atoms with Gasteiger partial charge in [-0.3, -0.25) is 0 Å². The number of allylic oxidation sites excluding steroid dienone is 2. The highest BCUT2D eigenvalue weighted by molar-refractivity contribution is 9.12. The fourth-order valence-corrected chi connectivity index (χ4v) is 1.63. The van der Waals surface area contributed by atoms with Crippen molar-refractivity contribution in [1.29, 1.82) is 0 Å². The molecule has 0 radical (unpaired) electrons. The minimum absolute atomic E-state index is 0.0452. The first-order chi connectivity index (χ1) is 5.29. The molecule has 2 aliphatic rings. The zero-order valence-corrected chi connectivity index (χ0v) is 7.80. The molecule has 0 aromatic rings. The van der Waals surface area contributed by atoms with Crippen molar-refractivity contribution < 1.29 is 0 Å². The fraction of sp³-hybridized carbons (Fsp3) is 0.143. The average Bonchev–Trinajstić information content (AvgIpc) is 2.45. The molecular formula is C7H4BrClN2. The van der Waals surface area contributed by atoms with Gasteiger partial charge in [-0.25, -0.2) is 0 Å². The summed E-state index contributed by atoms with van der Waals surface area (Å²) in [6, 6.07) is 0.0452. The highest BCUT2D eigenvalue weighted by Crippen LogP contribution is 2.35. The standard InChI is InChI=1S/C7H4BrClN2/c8-5-1-2-6-4(7(5)9)3-10-11-6/h1-3,6H/t6-/m1/s1. The van der Waals surface area contributed by atoms with Crippen LogP contribution in [0.2, 0.25) is 0 Å². The minimum atomic E-state index is 0.0452. The number of halogens is 2. The van der Waals surface area contributed by atoms with Gasteiger partial charge in [0.05, 0.1) is 11.2 Å². The molecule has 2 rings (SSSR count). The summed E-state index contributed by atoms with van der Waals surface area (Å²) in [5, 5.41) is 8.44. The third-order valence-electron chi connectivity index (χ3n) is 1.59. The minimum Gasteiger partial charge on any atom is -0.177 e. The van der Waals surface area contributed by atoms with E-state index in [-0.39, 0.29) is 6.04 Å². The molecule has 1 atom stereocenters. The Kier molecular flexibility index (Phi) is 1.69. The van der Waals surface area contributed by atoms with Gasteiger partial charge < -0.3 is 0 Å². The maximum absolute atomic E-state index is 5.96. The topological polar surface area (TPSA) is 24.7 Å². The quantitative estimate of drug-likeness (QED) is 0.612. The van der Waals surface area contributed by atoms with E-state index < -0.39 is 0 Å². The zero-order chi connectivity index (χ0) is 7.84. The lowest BCUT2D eigenvalue weighted by molar-refractivity contribution is 0.940. The molecule has 0 bridgehead atoms. The van der Waals surface area contributed by atoms with E-state index in [1.54, 1.807) is 6.20 Å². The van der Waals surface area contributed by atoms with Crippen LogP contribution in [0.5, 0.6) is 0 Å². The molecule has 4 heteroatoms. The first kappa shape index (κ1) is 7.25. The molecule has 11 heavy (non-hydrogen) atoms. The SMILES string of the molecule is ClC1=C(Br)C=C[C@H]2N=NC=C12. The number of hydrogen-bond acceptors (Lipinski definition) is 2. The van der Waals surface area contributed by atoms with Gasteiger partial charge in [-0.05, 0) is 22.0 Å². The van der Waals surface area contributed by atoms with Crippen LogP contribution in [-0.2, 0) is 0 Å². The number of rotatable bonds is 0. The maximum atomic E-state index is 5.96. The molecule has 56 valence electrons. The van der Waals surface area contributed by atoms with Crippen LogP contribution >= 0.6 is 27.5 Å². The highest BCUT2D eigenvalue weighted by Gasteiger charge is 2.22. The van der Waals surface area contributed by atoms with E-state index in [4.69, 9.17) is 11.6 Å². The van der Waals surface area contributed by atoms with E-state index >= 15 is 0 Å². The van der Waals surface area contributed by atoms with Crippen molar-refractivity contribution in [2.45, 2.75) is 6.04 Å². The molecule has 1 heterocycles. The van der Waals surface area contributed by atoms with Crippen LogP contribution in [0.3, 0.4) is 0 Å². The molecule has 0 fully saturated rings. The predicted octanol–water partition coefficient (Wildman–Crippen LogP) is 3.12.